The van der Waals surface area contributed by atoms with Crippen molar-refractivity contribution in [2.45, 2.75) is 11.8 Å². The summed E-state index contributed by atoms with van der Waals surface area (Å²) >= 11 is 0. The van der Waals surface area contributed by atoms with Crippen LogP contribution in [-0.2, 0) is 19.4 Å². The summed E-state index contributed by atoms with van der Waals surface area (Å²) in [5, 5.41) is 0.568. The number of rotatable bonds is 7. The number of carbonyl (C=O) groups excluding carboxylic acids is 1. The lowest BCUT2D eigenvalue weighted by Crippen LogP contribution is -2.46. The summed E-state index contributed by atoms with van der Waals surface area (Å²) in [6, 6.07) is 5.79. The Bertz CT molecular complexity index is 654. The molecular formula is C10H16N3O6PS. The van der Waals surface area contributed by atoms with Gasteiger partial charge in [-0.25, -0.2) is 13.4 Å². The van der Waals surface area contributed by atoms with Crippen LogP contribution in [0.15, 0.2) is 29.2 Å². The Hall–Kier alpha value is -1.29. The fourth-order valence-corrected chi connectivity index (χ4v) is 3.24. The Morgan fingerprint density at radius 3 is 2.29 bits per heavy atom. The number of aryl methyl sites for hydroxylation is 1. The number of hydrogen-bond acceptors (Lipinski definition) is 5. The fourth-order valence-electron chi connectivity index (χ4n) is 1.46. The Morgan fingerprint density at radius 1 is 1.33 bits per heavy atom. The number of hydrazine groups is 1. The molecule has 118 valence electrons. The van der Waals surface area contributed by atoms with E-state index in [4.69, 9.17) is 15.5 Å². The highest BCUT2D eigenvalue weighted by molar-refractivity contribution is 7.89. The first kappa shape index (κ1) is 17.8. The molecule has 1 aromatic carbocycles. The number of primary amides is 1. The molecule has 9 nitrogen and oxygen atoms in total. The average Bonchev–Trinajstić information content (AvgIpc) is 2.25. The topological polar surface area (TPSA) is 150 Å². The lowest BCUT2D eigenvalue weighted by atomic mass is 10.2. The minimum atomic E-state index is -4.57. The van der Waals surface area contributed by atoms with E-state index in [-0.39, 0.29) is 4.90 Å². The van der Waals surface area contributed by atoms with Crippen molar-refractivity contribution < 1.29 is 27.6 Å². The number of carbonyl (C=O) groups is 1. The molecule has 5 N–H and O–H groups in total. The standard InChI is InChI=1S/C10H16N3O6PS/c1-8-2-4-9(5-3-8)21(18,19)12-13(6-10(11)14)7-20(15,16)17/h2-5,12H,6-7H2,1H3,(H2,11,14)(H2,15,16,17). The second-order valence-electron chi connectivity index (χ2n) is 4.38. The number of hydrogen-bond donors (Lipinski definition) is 4. The Labute approximate surface area is 121 Å². The minimum Gasteiger partial charge on any atom is -0.369 e. The largest absolute Gasteiger partial charge is 0.369 e. The van der Waals surface area contributed by atoms with Crippen LogP contribution in [0.25, 0.3) is 0 Å². The lowest BCUT2D eigenvalue weighted by Gasteiger charge is -2.21. The third kappa shape index (κ3) is 6.34. The zero-order chi connectivity index (χ0) is 16.3. The number of nitrogens with one attached hydrogen (secondary N) is 1. The summed E-state index contributed by atoms with van der Waals surface area (Å²) in [6.45, 7) is 1.10. The minimum absolute atomic E-state index is 0.103. The SMILES string of the molecule is Cc1ccc(S(=O)(=O)NN(CC(N)=O)CP(=O)(O)O)cc1. The summed E-state index contributed by atoms with van der Waals surface area (Å²) in [7, 11) is -8.64. The summed E-state index contributed by atoms with van der Waals surface area (Å²) in [5.41, 5.74) is 5.77. The maximum Gasteiger partial charge on any atom is 0.340 e. The lowest BCUT2D eigenvalue weighted by molar-refractivity contribution is -0.119. The van der Waals surface area contributed by atoms with Crippen molar-refractivity contribution in [3.8, 4) is 0 Å². The van der Waals surface area contributed by atoms with Gasteiger partial charge in [-0.15, -0.1) is 4.83 Å². The third-order valence-corrected chi connectivity index (χ3v) is 4.38. The van der Waals surface area contributed by atoms with Crippen LogP contribution in [0.3, 0.4) is 0 Å². The van der Waals surface area contributed by atoms with Gasteiger partial charge in [-0.2, -0.15) is 0 Å². The maximum atomic E-state index is 12.1. The number of nitrogens with two attached hydrogens (primary N) is 1. The highest BCUT2D eigenvalue weighted by Gasteiger charge is 2.25. The van der Waals surface area contributed by atoms with Gasteiger partial charge in [0.25, 0.3) is 10.0 Å². The Kier molecular flexibility index (Phi) is 5.62. The molecule has 0 fully saturated rings. The molecule has 1 amide bonds. The number of amides is 1. The van der Waals surface area contributed by atoms with Gasteiger partial charge in [-0.3, -0.25) is 9.36 Å². The summed E-state index contributed by atoms with van der Waals surface area (Å²) in [5.74, 6) is -0.935. The van der Waals surface area contributed by atoms with E-state index in [9.17, 15) is 17.8 Å². The molecule has 0 bridgehead atoms. The molecule has 21 heavy (non-hydrogen) atoms. The van der Waals surface area contributed by atoms with Crippen LogP contribution < -0.4 is 10.6 Å². The zero-order valence-corrected chi connectivity index (χ0v) is 12.8. The van der Waals surface area contributed by atoms with Crippen molar-refractivity contribution in [2.75, 3.05) is 12.8 Å². The molecule has 11 heteroatoms. The first-order valence-corrected chi connectivity index (χ1v) is 8.94. The van der Waals surface area contributed by atoms with Crippen LogP contribution in [0.1, 0.15) is 5.56 Å². The van der Waals surface area contributed by atoms with E-state index >= 15 is 0 Å². The predicted molar refractivity (Wildman–Crippen MR) is 74.3 cm³/mol. The maximum absolute atomic E-state index is 12.1. The second-order valence-corrected chi connectivity index (χ2v) is 7.65. The van der Waals surface area contributed by atoms with Gasteiger partial charge in [0.15, 0.2) is 0 Å². The van der Waals surface area contributed by atoms with Crippen LogP contribution in [0.5, 0.6) is 0 Å². The Morgan fingerprint density at radius 2 is 1.86 bits per heavy atom. The molecule has 0 aliphatic rings. The molecule has 0 aliphatic heterocycles. The van der Waals surface area contributed by atoms with Crippen molar-refractivity contribution in [3.63, 3.8) is 0 Å². The molecule has 0 saturated carbocycles. The number of benzene rings is 1. The first-order chi connectivity index (χ1) is 9.49. The first-order valence-electron chi connectivity index (χ1n) is 5.66. The van der Waals surface area contributed by atoms with Gasteiger partial charge in [0.1, 0.15) is 6.29 Å². The molecule has 1 aromatic rings. The third-order valence-electron chi connectivity index (χ3n) is 2.28. The van der Waals surface area contributed by atoms with Gasteiger partial charge >= 0.3 is 7.60 Å². The quantitative estimate of drug-likeness (QED) is 0.372. The van der Waals surface area contributed by atoms with Gasteiger partial charge in [0.2, 0.25) is 5.91 Å². The molecule has 0 unspecified atom stereocenters. The Balaban J connectivity index is 2.97. The zero-order valence-electron chi connectivity index (χ0n) is 11.1. The highest BCUT2D eigenvalue weighted by Crippen LogP contribution is 2.34. The van der Waals surface area contributed by atoms with E-state index < -0.39 is 36.4 Å². The van der Waals surface area contributed by atoms with E-state index in [1.165, 1.54) is 12.1 Å². The number of nitrogens with zero attached hydrogens (tertiary/aromatic N) is 1. The molecule has 0 aliphatic carbocycles. The van der Waals surface area contributed by atoms with Crippen molar-refractivity contribution in [1.82, 2.24) is 9.84 Å². The highest BCUT2D eigenvalue weighted by atomic mass is 32.2. The smallest absolute Gasteiger partial charge is 0.340 e. The van der Waals surface area contributed by atoms with Crippen molar-refractivity contribution in [2.24, 2.45) is 5.73 Å². The predicted octanol–water partition coefficient (Wildman–Crippen LogP) is -0.889. The van der Waals surface area contributed by atoms with Crippen LogP contribution in [0.4, 0.5) is 0 Å². The van der Waals surface area contributed by atoms with E-state index in [1.54, 1.807) is 19.1 Å². The van der Waals surface area contributed by atoms with Crippen LogP contribution in [0.2, 0.25) is 0 Å². The van der Waals surface area contributed by atoms with E-state index in [0.717, 1.165) is 5.56 Å². The molecule has 0 saturated heterocycles. The molecule has 0 aromatic heterocycles. The molecule has 1 rings (SSSR count). The van der Waals surface area contributed by atoms with Gasteiger partial charge in [-0.1, -0.05) is 17.7 Å². The van der Waals surface area contributed by atoms with Crippen LogP contribution >= 0.6 is 7.60 Å². The van der Waals surface area contributed by atoms with Crippen molar-refractivity contribution in [1.29, 1.82) is 0 Å². The van der Waals surface area contributed by atoms with Crippen molar-refractivity contribution in [3.05, 3.63) is 29.8 Å². The van der Waals surface area contributed by atoms with Gasteiger partial charge in [0, 0.05) is 0 Å². The van der Waals surface area contributed by atoms with E-state index in [1.807, 2.05) is 4.83 Å². The fraction of sp³-hybridized carbons (Fsp3) is 0.300. The summed E-state index contributed by atoms with van der Waals surface area (Å²) in [4.78, 5) is 30.5. The second kappa shape index (κ2) is 6.65. The van der Waals surface area contributed by atoms with Crippen molar-refractivity contribution >= 4 is 23.5 Å². The average molecular weight is 337 g/mol. The molecule has 0 atom stereocenters. The normalized spacial score (nSPS) is 12.6. The number of sulfonamides is 1. The molecular weight excluding hydrogens is 321 g/mol. The monoisotopic (exact) mass is 337 g/mol. The summed E-state index contributed by atoms with van der Waals surface area (Å²) < 4.78 is 35.1. The van der Waals surface area contributed by atoms with Crippen LogP contribution in [0, 0.1) is 6.92 Å². The molecule has 0 heterocycles. The van der Waals surface area contributed by atoms with Gasteiger partial charge in [-0.05, 0) is 19.1 Å². The van der Waals surface area contributed by atoms with E-state index in [0.29, 0.717) is 5.01 Å². The van der Waals surface area contributed by atoms with E-state index in [2.05, 4.69) is 0 Å². The molecule has 0 radical (unpaired) electrons. The summed E-state index contributed by atoms with van der Waals surface area (Å²) in [6.07, 6.45) is -0.971. The van der Waals surface area contributed by atoms with Gasteiger partial charge in [0.05, 0.1) is 11.4 Å². The van der Waals surface area contributed by atoms with Gasteiger partial charge < -0.3 is 15.5 Å². The molecule has 0 spiro atoms. The van der Waals surface area contributed by atoms with Crippen LogP contribution in [-0.4, -0.2) is 42.0 Å².